The van der Waals surface area contributed by atoms with Crippen LogP contribution in [0.4, 0.5) is 0 Å². The number of aryl methyl sites for hydroxylation is 1. The third kappa shape index (κ3) is 2.06. The van der Waals surface area contributed by atoms with Crippen molar-refractivity contribution in [2.45, 2.75) is 13.8 Å². The van der Waals surface area contributed by atoms with Gasteiger partial charge in [-0.3, -0.25) is 4.79 Å². The van der Waals surface area contributed by atoms with E-state index in [4.69, 9.17) is 9.68 Å². The van der Waals surface area contributed by atoms with Crippen molar-refractivity contribution < 1.29 is 9.21 Å². The summed E-state index contributed by atoms with van der Waals surface area (Å²) in [6, 6.07) is 3.60. The van der Waals surface area contributed by atoms with E-state index in [1.54, 1.807) is 6.07 Å². The molecular weight excluding hydrogens is 166 g/mol. The van der Waals surface area contributed by atoms with E-state index in [-0.39, 0.29) is 11.4 Å². The fourth-order valence-corrected chi connectivity index (χ4v) is 0.876. The first-order valence-corrected chi connectivity index (χ1v) is 3.82. The number of carbonyl (C=O) groups excluding carboxylic acids is 1. The Morgan fingerprint density at radius 3 is 2.77 bits per heavy atom. The van der Waals surface area contributed by atoms with Crippen molar-refractivity contribution in [3.63, 3.8) is 0 Å². The highest BCUT2D eigenvalue weighted by atomic mass is 16.3. The second-order valence-corrected chi connectivity index (χ2v) is 2.69. The van der Waals surface area contributed by atoms with Gasteiger partial charge in [0, 0.05) is 6.08 Å². The Morgan fingerprint density at radius 1 is 1.69 bits per heavy atom. The van der Waals surface area contributed by atoms with Gasteiger partial charge in [0.2, 0.25) is 0 Å². The molecule has 0 atom stereocenters. The fourth-order valence-electron chi connectivity index (χ4n) is 0.876. The zero-order chi connectivity index (χ0) is 9.84. The molecule has 0 aliphatic rings. The molecule has 1 heterocycles. The largest absolute Gasteiger partial charge is 0.465 e. The molecule has 66 valence electrons. The molecule has 0 fully saturated rings. The molecule has 0 N–H and O–H groups in total. The maximum atomic E-state index is 10.9. The third-order valence-electron chi connectivity index (χ3n) is 1.68. The van der Waals surface area contributed by atoms with Crippen LogP contribution in [-0.4, -0.2) is 5.78 Å². The van der Waals surface area contributed by atoms with Crippen LogP contribution in [-0.2, 0) is 4.79 Å². The maximum Gasteiger partial charge on any atom is 0.170 e. The highest BCUT2D eigenvalue weighted by molar-refractivity contribution is 6.01. The summed E-state index contributed by atoms with van der Waals surface area (Å²) in [5, 5.41) is 8.61. The molecule has 1 rings (SSSR count). The van der Waals surface area contributed by atoms with Crippen molar-refractivity contribution in [1.29, 1.82) is 5.26 Å². The summed E-state index contributed by atoms with van der Waals surface area (Å²) < 4.78 is 5.07. The highest BCUT2D eigenvalue weighted by Gasteiger charge is 2.05. The lowest BCUT2D eigenvalue weighted by molar-refractivity contribution is -0.113. The average molecular weight is 175 g/mol. The molecule has 0 radical (unpaired) electrons. The zero-order valence-electron chi connectivity index (χ0n) is 7.50. The minimum absolute atomic E-state index is 0.109. The van der Waals surface area contributed by atoms with E-state index in [9.17, 15) is 4.79 Å². The summed E-state index contributed by atoms with van der Waals surface area (Å²) in [6.45, 7) is 3.21. The van der Waals surface area contributed by atoms with Crippen LogP contribution in [0.3, 0.4) is 0 Å². The summed E-state index contributed by atoms with van der Waals surface area (Å²) >= 11 is 0. The number of furan rings is 1. The van der Waals surface area contributed by atoms with Crippen LogP contribution in [0.1, 0.15) is 18.2 Å². The van der Waals surface area contributed by atoms with Crippen molar-refractivity contribution in [2.75, 3.05) is 0 Å². The topological polar surface area (TPSA) is 54.0 Å². The van der Waals surface area contributed by atoms with Gasteiger partial charge in [0.15, 0.2) is 5.78 Å². The monoisotopic (exact) mass is 175 g/mol. The van der Waals surface area contributed by atoms with E-state index in [2.05, 4.69) is 0 Å². The van der Waals surface area contributed by atoms with Gasteiger partial charge in [-0.1, -0.05) is 0 Å². The molecular formula is C10H9NO2. The maximum absolute atomic E-state index is 10.9. The van der Waals surface area contributed by atoms with E-state index >= 15 is 0 Å². The van der Waals surface area contributed by atoms with E-state index < -0.39 is 0 Å². The smallest absolute Gasteiger partial charge is 0.170 e. The Morgan fingerprint density at radius 2 is 2.38 bits per heavy atom. The second kappa shape index (κ2) is 3.72. The Balaban J connectivity index is 3.07. The lowest BCUT2D eigenvalue weighted by Gasteiger charge is -1.90. The molecule has 0 amide bonds. The molecule has 0 aliphatic heterocycles. The minimum atomic E-state index is -0.252. The molecule has 0 saturated heterocycles. The van der Waals surface area contributed by atoms with Crippen LogP contribution in [0.2, 0.25) is 0 Å². The Labute approximate surface area is 76.3 Å². The normalized spacial score (nSPS) is 11.0. The van der Waals surface area contributed by atoms with Crippen molar-refractivity contribution in [1.82, 2.24) is 0 Å². The van der Waals surface area contributed by atoms with Crippen LogP contribution in [0.15, 0.2) is 22.3 Å². The summed E-state index contributed by atoms with van der Waals surface area (Å²) in [7, 11) is 0. The number of allylic oxidation sites excluding steroid dienone is 1. The number of nitriles is 1. The number of hydrogen-bond donors (Lipinski definition) is 0. The summed E-state index contributed by atoms with van der Waals surface area (Å²) in [6.07, 6.45) is 2.98. The van der Waals surface area contributed by atoms with Gasteiger partial charge in [0.05, 0.1) is 11.8 Å². The fraction of sp³-hybridized carbons (Fsp3) is 0.200. The van der Waals surface area contributed by atoms with Gasteiger partial charge >= 0.3 is 0 Å². The summed E-state index contributed by atoms with van der Waals surface area (Å²) in [4.78, 5) is 10.9. The van der Waals surface area contributed by atoms with Gasteiger partial charge in [-0.25, -0.2) is 0 Å². The van der Waals surface area contributed by atoms with Crippen LogP contribution in [0, 0.1) is 18.3 Å². The molecule has 0 spiro atoms. The summed E-state index contributed by atoms with van der Waals surface area (Å²) in [5.41, 5.74) is 1.02. The number of hydrogen-bond acceptors (Lipinski definition) is 3. The van der Waals surface area contributed by atoms with Crippen LogP contribution in [0.25, 0.3) is 6.08 Å². The van der Waals surface area contributed by atoms with Gasteiger partial charge in [-0.15, -0.1) is 0 Å². The van der Waals surface area contributed by atoms with Gasteiger partial charge in [-0.2, -0.15) is 5.26 Å². The molecule has 0 aromatic carbocycles. The number of carbonyl (C=O) groups is 1. The third-order valence-corrected chi connectivity index (χ3v) is 1.68. The molecule has 13 heavy (non-hydrogen) atoms. The van der Waals surface area contributed by atoms with Crippen LogP contribution >= 0.6 is 0 Å². The first-order valence-electron chi connectivity index (χ1n) is 3.82. The molecule has 1 aromatic heterocycles. The minimum Gasteiger partial charge on any atom is -0.465 e. The van der Waals surface area contributed by atoms with E-state index in [0.717, 1.165) is 5.56 Å². The average Bonchev–Trinajstić information content (AvgIpc) is 2.46. The standard InChI is InChI=1S/C10H9NO2/c1-7-3-4-13-10(7)5-9(6-11)8(2)12/h3-5H,1-2H3/b9-5+. The Kier molecular flexibility index (Phi) is 2.65. The molecule has 0 aliphatic carbocycles. The highest BCUT2D eigenvalue weighted by Crippen LogP contribution is 2.13. The first-order chi connectivity index (χ1) is 6.15. The van der Waals surface area contributed by atoms with E-state index in [1.807, 2.05) is 13.0 Å². The van der Waals surface area contributed by atoms with E-state index in [0.29, 0.717) is 5.76 Å². The van der Waals surface area contributed by atoms with E-state index in [1.165, 1.54) is 19.3 Å². The van der Waals surface area contributed by atoms with Crippen LogP contribution in [0.5, 0.6) is 0 Å². The number of Topliss-reactive ketones (excluding diaryl/α,β-unsaturated/α-hetero) is 1. The van der Waals surface area contributed by atoms with Crippen molar-refractivity contribution >= 4 is 11.9 Å². The van der Waals surface area contributed by atoms with Gasteiger partial charge in [-0.05, 0) is 25.5 Å². The predicted molar refractivity (Wildman–Crippen MR) is 47.7 cm³/mol. The molecule has 3 nitrogen and oxygen atoms in total. The molecule has 0 saturated carbocycles. The molecule has 0 unspecified atom stereocenters. The Bertz CT molecular complexity index is 393. The number of rotatable bonds is 2. The zero-order valence-corrected chi connectivity index (χ0v) is 7.50. The second-order valence-electron chi connectivity index (χ2n) is 2.69. The van der Waals surface area contributed by atoms with Crippen molar-refractivity contribution in [3.05, 3.63) is 29.2 Å². The van der Waals surface area contributed by atoms with Gasteiger partial charge < -0.3 is 4.42 Å². The summed E-state index contributed by atoms with van der Waals surface area (Å²) in [5.74, 6) is 0.310. The van der Waals surface area contributed by atoms with Gasteiger partial charge in [0.1, 0.15) is 11.8 Å². The first kappa shape index (κ1) is 9.27. The molecule has 3 heteroatoms. The SMILES string of the molecule is CC(=O)/C(C#N)=C/c1occc1C. The van der Waals surface area contributed by atoms with Crippen molar-refractivity contribution in [2.24, 2.45) is 0 Å². The number of nitrogens with zero attached hydrogens (tertiary/aromatic N) is 1. The predicted octanol–water partition coefficient (Wildman–Crippen LogP) is 2.08. The Hall–Kier alpha value is -1.82. The molecule has 0 bridgehead atoms. The lowest BCUT2D eigenvalue weighted by Crippen LogP contribution is -1.92. The number of ketones is 1. The van der Waals surface area contributed by atoms with Crippen molar-refractivity contribution in [3.8, 4) is 6.07 Å². The van der Waals surface area contributed by atoms with Gasteiger partial charge in [0.25, 0.3) is 0 Å². The quantitative estimate of drug-likeness (QED) is 0.510. The lowest BCUT2D eigenvalue weighted by atomic mass is 10.1. The molecule has 1 aromatic rings. The van der Waals surface area contributed by atoms with Crippen LogP contribution < -0.4 is 0 Å².